The summed E-state index contributed by atoms with van der Waals surface area (Å²) in [5, 5.41) is 1.09. The molecule has 0 saturated carbocycles. The standard InChI is InChI=1S/C17H16N2O3/c20-17(4-2-10-21-15-3-1-8-18-12-15)22-14-6-5-13-7-9-19-16(13)11-14/h1,3,5-9,11-12,19H,2,4,10H2. The molecule has 0 amide bonds. The first-order chi connectivity index (χ1) is 10.8. The van der Waals surface area contributed by atoms with Crippen molar-refractivity contribution in [3.8, 4) is 11.5 Å². The number of aromatic nitrogens is 2. The number of carbonyl (C=O) groups is 1. The number of H-pyrrole nitrogens is 1. The second kappa shape index (κ2) is 6.76. The van der Waals surface area contributed by atoms with Crippen LogP contribution in [0.3, 0.4) is 0 Å². The number of nitrogens with one attached hydrogen (secondary N) is 1. The summed E-state index contributed by atoms with van der Waals surface area (Å²) in [7, 11) is 0. The summed E-state index contributed by atoms with van der Waals surface area (Å²) >= 11 is 0. The average molecular weight is 296 g/mol. The Kier molecular flexibility index (Phi) is 4.34. The third kappa shape index (κ3) is 3.63. The molecule has 0 saturated heterocycles. The van der Waals surface area contributed by atoms with Crippen molar-refractivity contribution >= 4 is 16.9 Å². The lowest BCUT2D eigenvalue weighted by Crippen LogP contribution is -2.09. The van der Waals surface area contributed by atoms with Crippen molar-refractivity contribution in [2.75, 3.05) is 6.61 Å². The molecule has 2 heterocycles. The number of pyridine rings is 1. The van der Waals surface area contributed by atoms with Gasteiger partial charge in [0.25, 0.3) is 0 Å². The first-order valence-corrected chi connectivity index (χ1v) is 7.12. The van der Waals surface area contributed by atoms with Crippen molar-refractivity contribution < 1.29 is 14.3 Å². The van der Waals surface area contributed by atoms with Gasteiger partial charge in [-0.3, -0.25) is 9.78 Å². The van der Waals surface area contributed by atoms with Crippen molar-refractivity contribution in [1.82, 2.24) is 9.97 Å². The van der Waals surface area contributed by atoms with Crippen LogP contribution in [0.25, 0.3) is 10.9 Å². The number of esters is 1. The fourth-order valence-corrected chi connectivity index (χ4v) is 2.11. The van der Waals surface area contributed by atoms with E-state index in [1.165, 1.54) is 0 Å². The topological polar surface area (TPSA) is 64.2 Å². The molecule has 0 radical (unpaired) electrons. The van der Waals surface area contributed by atoms with Gasteiger partial charge < -0.3 is 14.5 Å². The number of aromatic amines is 1. The number of carbonyl (C=O) groups excluding carboxylic acids is 1. The van der Waals surface area contributed by atoms with Crippen LogP contribution in [0.2, 0.25) is 0 Å². The second-order valence-electron chi connectivity index (χ2n) is 4.84. The molecule has 5 heteroatoms. The van der Waals surface area contributed by atoms with Gasteiger partial charge in [-0.15, -0.1) is 0 Å². The van der Waals surface area contributed by atoms with Crippen molar-refractivity contribution in [2.24, 2.45) is 0 Å². The Balaban J connectivity index is 1.44. The highest BCUT2D eigenvalue weighted by molar-refractivity contribution is 5.82. The van der Waals surface area contributed by atoms with E-state index in [2.05, 4.69) is 9.97 Å². The molecule has 2 aromatic heterocycles. The van der Waals surface area contributed by atoms with E-state index in [0.717, 1.165) is 10.9 Å². The van der Waals surface area contributed by atoms with Gasteiger partial charge in [0, 0.05) is 30.4 Å². The van der Waals surface area contributed by atoms with Crippen molar-refractivity contribution in [3.63, 3.8) is 0 Å². The predicted octanol–water partition coefficient (Wildman–Crippen LogP) is 3.33. The number of ether oxygens (including phenoxy) is 2. The van der Waals surface area contributed by atoms with Crippen LogP contribution in [0.4, 0.5) is 0 Å². The molecule has 22 heavy (non-hydrogen) atoms. The molecule has 0 unspecified atom stereocenters. The summed E-state index contributed by atoms with van der Waals surface area (Å²) < 4.78 is 10.8. The SMILES string of the molecule is O=C(CCCOc1cccnc1)Oc1ccc2cc[nH]c2c1. The number of benzene rings is 1. The first-order valence-electron chi connectivity index (χ1n) is 7.12. The second-order valence-corrected chi connectivity index (χ2v) is 4.84. The van der Waals surface area contributed by atoms with Gasteiger partial charge in [-0.25, -0.2) is 0 Å². The lowest BCUT2D eigenvalue weighted by atomic mass is 10.2. The van der Waals surface area contributed by atoms with E-state index in [9.17, 15) is 4.79 Å². The predicted molar refractivity (Wildman–Crippen MR) is 82.9 cm³/mol. The minimum absolute atomic E-state index is 0.263. The summed E-state index contributed by atoms with van der Waals surface area (Å²) in [5.74, 6) is 0.988. The third-order valence-corrected chi connectivity index (χ3v) is 3.19. The Morgan fingerprint density at radius 2 is 2.14 bits per heavy atom. The lowest BCUT2D eigenvalue weighted by Gasteiger charge is -2.06. The Bertz CT molecular complexity index is 753. The zero-order valence-electron chi connectivity index (χ0n) is 12.0. The quantitative estimate of drug-likeness (QED) is 0.430. The number of hydrogen-bond donors (Lipinski definition) is 1. The van der Waals surface area contributed by atoms with Crippen LogP contribution >= 0.6 is 0 Å². The van der Waals surface area contributed by atoms with Crippen LogP contribution in [0, 0.1) is 0 Å². The van der Waals surface area contributed by atoms with Crippen molar-refractivity contribution in [2.45, 2.75) is 12.8 Å². The molecule has 0 aliphatic rings. The number of rotatable bonds is 6. The maximum atomic E-state index is 11.8. The summed E-state index contributed by atoms with van der Waals surface area (Å²) in [6.07, 6.45) is 6.09. The van der Waals surface area contributed by atoms with Crippen LogP contribution < -0.4 is 9.47 Å². The highest BCUT2D eigenvalue weighted by Gasteiger charge is 2.06. The van der Waals surface area contributed by atoms with Crippen molar-refractivity contribution in [3.05, 3.63) is 55.0 Å². The molecule has 0 fully saturated rings. The Hall–Kier alpha value is -2.82. The normalized spacial score (nSPS) is 10.5. The van der Waals surface area contributed by atoms with Gasteiger partial charge in [0.2, 0.25) is 0 Å². The van der Waals surface area contributed by atoms with Gasteiger partial charge in [-0.2, -0.15) is 0 Å². The van der Waals surface area contributed by atoms with E-state index in [0.29, 0.717) is 30.9 Å². The third-order valence-electron chi connectivity index (χ3n) is 3.19. The molecule has 1 N–H and O–H groups in total. The number of hydrogen-bond acceptors (Lipinski definition) is 4. The Morgan fingerprint density at radius 1 is 1.18 bits per heavy atom. The molecular weight excluding hydrogens is 280 g/mol. The monoisotopic (exact) mass is 296 g/mol. The highest BCUT2D eigenvalue weighted by atomic mass is 16.5. The van der Waals surface area contributed by atoms with Crippen LogP contribution in [0.15, 0.2) is 55.0 Å². The average Bonchev–Trinajstić information content (AvgIpc) is 3.00. The first kappa shape index (κ1) is 14.1. The number of fused-ring (bicyclic) bond motifs is 1. The Morgan fingerprint density at radius 3 is 3.00 bits per heavy atom. The smallest absolute Gasteiger partial charge is 0.311 e. The molecule has 0 spiro atoms. The van der Waals surface area contributed by atoms with E-state index < -0.39 is 0 Å². The molecule has 5 nitrogen and oxygen atoms in total. The number of nitrogens with zero attached hydrogens (tertiary/aromatic N) is 1. The summed E-state index contributed by atoms with van der Waals surface area (Å²) in [4.78, 5) is 18.8. The summed E-state index contributed by atoms with van der Waals surface area (Å²) in [6.45, 7) is 0.455. The molecule has 3 aromatic rings. The largest absolute Gasteiger partial charge is 0.492 e. The highest BCUT2D eigenvalue weighted by Crippen LogP contribution is 2.20. The van der Waals surface area contributed by atoms with Gasteiger partial charge in [0.05, 0.1) is 12.8 Å². The summed E-state index contributed by atoms with van der Waals surface area (Å²) in [5.41, 5.74) is 0.949. The molecule has 0 bridgehead atoms. The van der Waals surface area contributed by atoms with E-state index >= 15 is 0 Å². The molecular formula is C17H16N2O3. The van der Waals surface area contributed by atoms with E-state index in [1.54, 1.807) is 24.5 Å². The molecule has 1 aromatic carbocycles. The summed E-state index contributed by atoms with van der Waals surface area (Å²) in [6, 6.07) is 11.1. The van der Waals surface area contributed by atoms with Crippen LogP contribution in [0.5, 0.6) is 11.5 Å². The lowest BCUT2D eigenvalue weighted by molar-refractivity contribution is -0.134. The molecule has 0 aliphatic carbocycles. The van der Waals surface area contributed by atoms with Gasteiger partial charge >= 0.3 is 5.97 Å². The van der Waals surface area contributed by atoms with Gasteiger partial charge in [0.1, 0.15) is 11.5 Å². The molecule has 3 rings (SSSR count). The fraction of sp³-hybridized carbons (Fsp3) is 0.176. The zero-order chi connectivity index (χ0) is 15.2. The van der Waals surface area contributed by atoms with E-state index in [-0.39, 0.29) is 5.97 Å². The molecule has 112 valence electrons. The minimum atomic E-state index is -0.263. The van der Waals surface area contributed by atoms with Gasteiger partial charge in [0.15, 0.2) is 0 Å². The van der Waals surface area contributed by atoms with E-state index in [4.69, 9.17) is 9.47 Å². The van der Waals surface area contributed by atoms with Crippen molar-refractivity contribution in [1.29, 1.82) is 0 Å². The molecule has 0 atom stereocenters. The zero-order valence-corrected chi connectivity index (χ0v) is 12.0. The maximum absolute atomic E-state index is 11.8. The van der Waals surface area contributed by atoms with Gasteiger partial charge in [-0.1, -0.05) is 0 Å². The molecule has 0 aliphatic heterocycles. The van der Waals surface area contributed by atoms with E-state index in [1.807, 2.05) is 30.5 Å². The minimum Gasteiger partial charge on any atom is -0.492 e. The fourth-order valence-electron chi connectivity index (χ4n) is 2.11. The van der Waals surface area contributed by atoms with Crippen LogP contribution in [0.1, 0.15) is 12.8 Å². The van der Waals surface area contributed by atoms with Crippen LogP contribution in [-0.2, 0) is 4.79 Å². The van der Waals surface area contributed by atoms with Gasteiger partial charge in [-0.05, 0) is 42.1 Å². The maximum Gasteiger partial charge on any atom is 0.311 e. The Labute approximate surface area is 127 Å². The van der Waals surface area contributed by atoms with Crippen LogP contribution in [-0.4, -0.2) is 22.5 Å².